The second-order valence-electron chi connectivity index (χ2n) is 5.71. The quantitative estimate of drug-likeness (QED) is 0.901. The molecule has 0 radical (unpaired) electrons. The first-order valence-electron chi connectivity index (χ1n) is 7.47. The van der Waals surface area contributed by atoms with Crippen LogP contribution in [0.2, 0.25) is 0 Å². The zero-order chi connectivity index (χ0) is 15.7. The molecule has 2 unspecified atom stereocenters. The molecule has 22 heavy (non-hydrogen) atoms. The summed E-state index contributed by atoms with van der Waals surface area (Å²) in [5.41, 5.74) is 1.02. The van der Waals surface area contributed by atoms with Crippen molar-refractivity contribution in [2.24, 2.45) is 0 Å². The molecule has 1 saturated carbocycles. The van der Waals surface area contributed by atoms with Crippen molar-refractivity contribution in [2.45, 2.75) is 36.4 Å². The summed E-state index contributed by atoms with van der Waals surface area (Å²) in [6, 6.07) is 7.98. The lowest BCUT2D eigenvalue weighted by Crippen LogP contribution is -2.40. The Labute approximate surface area is 134 Å². The lowest BCUT2D eigenvalue weighted by Gasteiger charge is -2.23. The number of carbonyl (C=O) groups excluding carboxylic acids is 2. The minimum atomic E-state index is -0.124. The van der Waals surface area contributed by atoms with Crippen LogP contribution < -0.4 is 10.1 Å². The van der Waals surface area contributed by atoms with Crippen molar-refractivity contribution in [1.82, 2.24) is 10.2 Å². The number of hydrogen-bond acceptors (Lipinski definition) is 4. The first kappa shape index (κ1) is 15.2. The summed E-state index contributed by atoms with van der Waals surface area (Å²) in [4.78, 5) is 26.1. The number of benzene rings is 1. The monoisotopic (exact) mass is 320 g/mol. The van der Waals surface area contributed by atoms with Gasteiger partial charge >= 0.3 is 0 Å². The Balaban J connectivity index is 1.74. The van der Waals surface area contributed by atoms with E-state index in [9.17, 15) is 9.59 Å². The van der Waals surface area contributed by atoms with E-state index in [1.165, 1.54) is 0 Å². The van der Waals surface area contributed by atoms with Crippen LogP contribution in [0.4, 0.5) is 0 Å². The van der Waals surface area contributed by atoms with Gasteiger partial charge in [0.2, 0.25) is 11.8 Å². The second-order valence-corrected chi connectivity index (χ2v) is 7.14. The van der Waals surface area contributed by atoms with Crippen molar-refractivity contribution >= 4 is 23.6 Å². The number of ether oxygens (including phenoxy) is 1. The summed E-state index contributed by atoms with van der Waals surface area (Å²) in [7, 11) is 1.62. The van der Waals surface area contributed by atoms with Gasteiger partial charge < -0.3 is 15.0 Å². The number of thioether (sulfide) groups is 1. The molecule has 2 aliphatic rings. The van der Waals surface area contributed by atoms with E-state index in [1.807, 2.05) is 31.2 Å². The molecule has 0 aromatic heterocycles. The fraction of sp³-hybridized carbons (Fsp3) is 0.500. The molecule has 1 aromatic carbocycles. The van der Waals surface area contributed by atoms with E-state index in [0.29, 0.717) is 6.04 Å². The molecular formula is C16H20N2O3S. The maximum atomic E-state index is 12.3. The highest BCUT2D eigenvalue weighted by atomic mass is 32.2. The number of rotatable bonds is 5. The number of nitrogens with zero attached hydrogens (tertiary/aromatic N) is 1. The van der Waals surface area contributed by atoms with Gasteiger partial charge in [-0.15, -0.1) is 11.8 Å². The van der Waals surface area contributed by atoms with Gasteiger partial charge in [0.05, 0.1) is 12.4 Å². The third-order valence-corrected chi connectivity index (χ3v) is 5.30. The topological polar surface area (TPSA) is 58.6 Å². The summed E-state index contributed by atoms with van der Waals surface area (Å²) in [6.07, 6.45) is 2.10. The molecular weight excluding hydrogens is 300 g/mol. The smallest absolute Gasteiger partial charge is 0.239 e. The highest BCUT2D eigenvalue weighted by Crippen LogP contribution is 2.42. The average molecular weight is 320 g/mol. The van der Waals surface area contributed by atoms with E-state index in [2.05, 4.69) is 5.32 Å². The van der Waals surface area contributed by atoms with Gasteiger partial charge in [-0.05, 0) is 37.5 Å². The fourth-order valence-corrected chi connectivity index (χ4v) is 3.80. The van der Waals surface area contributed by atoms with E-state index in [4.69, 9.17) is 4.74 Å². The molecule has 1 aliphatic heterocycles. The maximum Gasteiger partial charge on any atom is 0.239 e. The minimum absolute atomic E-state index is 0.0248. The number of methoxy groups -OCH3 is 1. The van der Waals surface area contributed by atoms with Gasteiger partial charge in [0.25, 0.3) is 0 Å². The third kappa shape index (κ3) is 3.21. The van der Waals surface area contributed by atoms with Gasteiger partial charge in [0, 0.05) is 6.04 Å². The molecule has 0 spiro atoms. The van der Waals surface area contributed by atoms with Crippen LogP contribution in [-0.2, 0) is 9.59 Å². The average Bonchev–Trinajstić information content (AvgIpc) is 3.29. The molecule has 0 bridgehead atoms. The summed E-state index contributed by atoms with van der Waals surface area (Å²) in [6.45, 7) is 2.02. The summed E-state index contributed by atoms with van der Waals surface area (Å²) in [5.74, 6) is 0.741. The molecule has 6 heteroatoms. The number of carbonyl (C=O) groups is 2. The van der Waals surface area contributed by atoms with Gasteiger partial charge in [-0.25, -0.2) is 0 Å². The fourth-order valence-electron chi connectivity index (χ4n) is 2.52. The summed E-state index contributed by atoms with van der Waals surface area (Å²) in [5, 5.41) is 2.71. The summed E-state index contributed by atoms with van der Waals surface area (Å²) >= 11 is 1.58. The Hall–Kier alpha value is -1.69. The summed E-state index contributed by atoms with van der Waals surface area (Å²) < 4.78 is 5.16. The standard InChI is InChI=1S/C16H20N2O3S/c1-10-15(20)18(9-14(19)17-12-5-6-12)16(22-10)11-3-7-13(21-2)8-4-11/h3-4,7-8,10,12,16H,5-6,9H2,1-2H3,(H,17,19). The largest absolute Gasteiger partial charge is 0.497 e. The number of hydrogen-bond donors (Lipinski definition) is 1. The van der Waals surface area contributed by atoms with Crippen LogP contribution in [0, 0.1) is 0 Å². The molecule has 1 heterocycles. The van der Waals surface area contributed by atoms with Crippen molar-refractivity contribution in [3.63, 3.8) is 0 Å². The Morgan fingerprint density at radius 1 is 1.36 bits per heavy atom. The molecule has 1 N–H and O–H groups in total. The minimum Gasteiger partial charge on any atom is -0.497 e. The number of amides is 2. The van der Waals surface area contributed by atoms with Gasteiger partial charge in [0.15, 0.2) is 0 Å². The van der Waals surface area contributed by atoms with Gasteiger partial charge in [-0.3, -0.25) is 9.59 Å². The molecule has 5 nitrogen and oxygen atoms in total. The molecule has 118 valence electrons. The lowest BCUT2D eigenvalue weighted by atomic mass is 10.2. The highest BCUT2D eigenvalue weighted by Gasteiger charge is 2.39. The van der Waals surface area contributed by atoms with Crippen LogP contribution in [0.25, 0.3) is 0 Å². The van der Waals surface area contributed by atoms with Crippen molar-refractivity contribution in [1.29, 1.82) is 0 Å². The van der Waals surface area contributed by atoms with Crippen molar-refractivity contribution in [3.8, 4) is 5.75 Å². The van der Waals surface area contributed by atoms with Crippen molar-refractivity contribution < 1.29 is 14.3 Å². The predicted molar refractivity (Wildman–Crippen MR) is 85.7 cm³/mol. The second kappa shape index (κ2) is 6.20. The van der Waals surface area contributed by atoms with Crippen LogP contribution in [-0.4, -0.2) is 41.7 Å². The van der Waals surface area contributed by atoms with E-state index in [-0.39, 0.29) is 29.0 Å². The molecule has 1 aromatic rings. The Morgan fingerprint density at radius 2 is 2.05 bits per heavy atom. The SMILES string of the molecule is COc1ccc(C2SC(C)C(=O)N2CC(=O)NC2CC2)cc1. The lowest BCUT2D eigenvalue weighted by molar-refractivity contribution is -0.135. The molecule has 3 rings (SSSR count). The Morgan fingerprint density at radius 3 is 2.64 bits per heavy atom. The highest BCUT2D eigenvalue weighted by molar-refractivity contribution is 8.01. The van der Waals surface area contributed by atoms with Crippen LogP contribution >= 0.6 is 11.8 Å². The van der Waals surface area contributed by atoms with Crippen LogP contribution in [0.3, 0.4) is 0 Å². The molecule has 1 saturated heterocycles. The number of nitrogens with one attached hydrogen (secondary N) is 1. The normalized spacial score (nSPS) is 24.5. The Bertz CT molecular complexity index is 571. The van der Waals surface area contributed by atoms with E-state index in [1.54, 1.807) is 23.8 Å². The van der Waals surface area contributed by atoms with Gasteiger partial charge in [0.1, 0.15) is 17.7 Å². The Kier molecular flexibility index (Phi) is 4.29. The molecule has 1 aliphatic carbocycles. The molecule has 2 atom stereocenters. The first-order chi connectivity index (χ1) is 10.6. The zero-order valence-corrected chi connectivity index (χ0v) is 13.6. The van der Waals surface area contributed by atoms with Gasteiger partial charge in [-0.1, -0.05) is 12.1 Å². The van der Waals surface area contributed by atoms with Gasteiger partial charge in [-0.2, -0.15) is 0 Å². The van der Waals surface area contributed by atoms with Crippen LogP contribution in [0.1, 0.15) is 30.7 Å². The van der Waals surface area contributed by atoms with Crippen LogP contribution in [0.15, 0.2) is 24.3 Å². The van der Waals surface area contributed by atoms with Crippen LogP contribution in [0.5, 0.6) is 5.75 Å². The molecule has 2 fully saturated rings. The predicted octanol–water partition coefficient (Wildman–Crippen LogP) is 1.94. The van der Waals surface area contributed by atoms with E-state index in [0.717, 1.165) is 24.2 Å². The zero-order valence-electron chi connectivity index (χ0n) is 12.7. The van der Waals surface area contributed by atoms with E-state index >= 15 is 0 Å². The van der Waals surface area contributed by atoms with Crippen molar-refractivity contribution in [3.05, 3.63) is 29.8 Å². The maximum absolute atomic E-state index is 12.3. The van der Waals surface area contributed by atoms with E-state index < -0.39 is 0 Å². The van der Waals surface area contributed by atoms with Crippen molar-refractivity contribution in [2.75, 3.05) is 13.7 Å². The molecule has 2 amide bonds. The first-order valence-corrected chi connectivity index (χ1v) is 8.42. The third-order valence-electron chi connectivity index (χ3n) is 3.90.